The van der Waals surface area contributed by atoms with Crippen molar-refractivity contribution in [2.45, 2.75) is 9.79 Å². The first-order valence-corrected chi connectivity index (χ1v) is 27.9. The first kappa shape index (κ1) is 57.0. The molecule has 2 heterocycles. The van der Waals surface area contributed by atoms with E-state index in [4.69, 9.17) is 19.9 Å². The van der Waals surface area contributed by atoms with Crippen molar-refractivity contribution >= 4 is 204 Å². The molecule has 396 valence electrons. The van der Waals surface area contributed by atoms with Gasteiger partial charge in [0.15, 0.2) is 0 Å². The molecule has 16 nitrogen and oxygen atoms in total. The van der Waals surface area contributed by atoms with Gasteiger partial charge in [0.05, 0.1) is 0 Å². The molecule has 0 amide bonds. The van der Waals surface area contributed by atoms with Crippen LogP contribution in [0.1, 0.15) is 11.1 Å². The van der Waals surface area contributed by atoms with Crippen molar-refractivity contribution in [1.29, 1.82) is 0 Å². The van der Waals surface area contributed by atoms with Gasteiger partial charge >= 0.3 is 59.1 Å². The van der Waals surface area contributed by atoms with Crippen molar-refractivity contribution in [3.05, 3.63) is 230 Å². The average molecular weight is 1140 g/mol. The summed E-state index contributed by atoms with van der Waals surface area (Å²) < 4.78 is 73.4. The molecule has 0 fully saturated rings. The molecule has 82 heavy (non-hydrogen) atoms. The van der Waals surface area contributed by atoms with E-state index in [1.807, 2.05) is 170 Å². The van der Waals surface area contributed by atoms with Crippen LogP contribution in [-0.2, 0) is 20.2 Å². The van der Waals surface area contributed by atoms with Crippen LogP contribution in [0.5, 0.6) is 0 Å². The number of rotatable bonds is 16. The second-order valence-electron chi connectivity index (χ2n) is 18.7. The summed E-state index contributed by atoms with van der Waals surface area (Å²) in [5.41, 5.74) is 3.51. The van der Waals surface area contributed by atoms with Crippen molar-refractivity contribution in [3.8, 4) is 0 Å². The van der Waals surface area contributed by atoms with E-state index < -0.39 is 30.0 Å². The van der Waals surface area contributed by atoms with Crippen LogP contribution < -0.4 is 31.9 Å². The zero-order valence-corrected chi connectivity index (χ0v) is 43.7. The van der Waals surface area contributed by atoms with Crippen LogP contribution in [0.25, 0.3) is 55.2 Å². The quantitative estimate of drug-likeness (QED) is 0.0255. The van der Waals surface area contributed by atoms with E-state index in [1.54, 1.807) is 24.3 Å². The fourth-order valence-corrected chi connectivity index (χ4v) is 10.7. The van der Waals surface area contributed by atoms with Gasteiger partial charge in [0.25, 0.3) is 20.2 Å². The number of fused-ring (bicyclic) bond motifs is 4. The molecule has 2 aromatic heterocycles. The number of hydrogen-bond donors (Lipinski definition) is 8. The molecule has 10 aromatic carbocycles. The van der Waals surface area contributed by atoms with Crippen molar-refractivity contribution < 1.29 is 25.9 Å². The maximum atomic E-state index is 13.1. The fourth-order valence-electron chi connectivity index (χ4n) is 9.31. The Kier molecular flexibility index (Phi) is 17.0. The molecular formula is C62H48N10Na2O6S2. The second-order valence-corrected chi connectivity index (χ2v) is 21.5. The number of hydrogen-bond acceptors (Lipinski definition) is 14. The molecule has 0 saturated heterocycles. The molecule has 12 aromatic rings. The Morgan fingerprint density at radius 1 is 0.293 bits per heavy atom. The van der Waals surface area contributed by atoms with Crippen LogP contribution in [-0.4, -0.2) is 105 Å². The molecule has 0 bridgehead atoms. The normalized spacial score (nSPS) is 11.5. The van der Waals surface area contributed by atoms with Gasteiger partial charge < -0.3 is 31.9 Å². The zero-order valence-electron chi connectivity index (χ0n) is 42.1. The minimum atomic E-state index is -4.88. The van der Waals surface area contributed by atoms with Crippen molar-refractivity contribution in [2.75, 3.05) is 31.9 Å². The molecule has 0 spiro atoms. The van der Waals surface area contributed by atoms with Crippen LogP contribution in [0, 0.1) is 0 Å². The SMILES string of the molecule is O=S(=O)(O)c1cc(Nc2cc(Nc3ccc4ccccc4c3)nc(Nc3ccc4ccccc4c3)n2)ccc1C=Cc1ccc(Nc2cc(Nc3ccc4ccccc4c3)nc(Nc3ccc4ccccc4c3)n2)cc1S(=O)(=O)O.[NaH].[NaH]. The van der Waals surface area contributed by atoms with Gasteiger partial charge in [-0.15, -0.1) is 0 Å². The third-order valence-electron chi connectivity index (χ3n) is 13.1. The summed E-state index contributed by atoms with van der Waals surface area (Å²) in [7, 11) is -9.76. The van der Waals surface area contributed by atoms with Gasteiger partial charge in [0.1, 0.15) is 33.1 Å². The maximum absolute atomic E-state index is 13.1. The number of benzene rings is 10. The summed E-state index contributed by atoms with van der Waals surface area (Å²) in [6, 6.07) is 67.3. The Morgan fingerprint density at radius 2 is 0.537 bits per heavy atom. The van der Waals surface area contributed by atoms with E-state index >= 15 is 0 Å². The van der Waals surface area contributed by atoms with Gasteiger partial charge in [-0.25, -0.2) is 0 Å². The van der Waals surface area contributed by atoms with Crippen LogP contribution in [0.2, 0.25) is 0 Å². The van der Waals surface area contributed by atoms with Crippen LogP contribution in [0.15, 0.2) is 228 Å². The third kappa shape index (κ3) is 13.6. The Morgan fingerprint density at radius 3 is 0.817 bits per heavy atom. The summed E-state index contributed by atoms with van der Waals surface area (Å²) in [5.74, 6) is 1.85. The molecular weight excluding hydrogens is 1090 g/mol. The summed E-state index contributed by atoms with van der Waals surface area (Å²) in [5, 5.41) is 28.0. The van der Waals surface area contributed by atoms with Gasteiger partial charge in [-0.05, 0) is 127 Å². The van der Waals surface area contributed by atoms with E-state index in [2.05, 4.69) is 31.9 Å². The summed E-state index contributed by atoms with van der Waals surface area (Å²) in [6.07, 6.45) is 2.65. The molecule has 20 heteroatoms. The number of anilines is 12. The van der Waals surface area contributed by atoms with Gasteiger partial charge in [-0.1, -0.05) is 146 Å². The number of nitrogens with zero attached hydrogens (tertiary/aromatic N) is 4. The van der Waals surface area contributed by atoms with Crippen molar-refractivity contribution in [2.24, 2.45) is 0 Å². The molecule has 0 unspecified atom stereocenters. The van der Waals surface area contributed by atoms with Gasteiger partial charge in [-0.3, -0.25) is 9.11 Å². The minimum absolute atomic E-state index is 0. The van der Waals surface area contributed by atoms with Crippen LogP contribution >= 0.6 is 0 Å². The first-order chi connectivity index (χ1) is 38.8. The van der Waals surface area contributed by atoms with Crippen molar-refractivity contribution in [3.63, 3.8) is 0 Å². The monoisotopic (exact) mass is 1140 g/mol. The molecule has 0 saturated carbocycles. The molecule has 0 atom stereocenters. The molecule has 12 rings (SSSR count). The summed E-state index contributed by atoms with van der Waals surface area (Å²) in [4.78, 5) is 18.0. The Hall–Kier alpha value is -8.24. The van der Waals surface area contributed by atoms with Gasteiger partial charge in [0, 0.05) is 46.3 Å². The van der Waals surface area contributed by atoms with Crippen LogP contribution in [0.3, 0.4) is 0 Å². The standard InChI is InChI=1S/C62H46N10O6S2.2Na.2H/c73-79(74,75)55-35-53(65-59-37-57(63-49-25-19-39-9-1-5-13-45(39)31-49)69-61(71-59)67-51-27-21-41-11-3-7-15-47(41)33-51)29-23-43(55)17-18-44-24-30-54(36-56(44)80(76,77)78)66-60-38-58(64-50-26-20-40-10-2-6-14-46(40)32-50)70-62(72-60)68-52-28-22-42-12-4-8-16-48(42)34-52;;;;/h1-38H,(H,73,74,75)(H,76,77,78)(H3,63,65,67,69,71)(H3,64,66,68,70,72);;;;. The molecule has 0 aliphatic rings. The molecule has 0 radical (unpaired) electrons. The predicted octanol–water partition coefficient (Wildman–Crippen LogP) is 13.7. The van der Waals surface area contributed by atoms with E-state index in [9.17, 15) is 25.9 Å². The van der Waals surface area contributed by atoms with Crippen molar-refractivity contribution in [1.82, 2.24) is 19.9 Å². The summed E-state index contributed by atoms with van der Waals surface area (Å²) in [6.45, 7) is 0. The zero-order chi connectivity index (χ0) is 54.8. The Bertz CT molecular complexity index is 4180. The first-order valence-electron chi connectivity index (χ1n) is 25.0. The van der Waals surface area contributed by atoms with Crippen LogP contribution in [0.4, 0.5) is 69.3 Å². The van der Waals surface area contributed by atoms with E-state index in [0.717, 1.165) is 65.8 Å². The average Bonchev–Trinajstić information content (AvgIpc) is 3.46. The fraction of sp³-hybridized carbons (Fsp3) is 0. The number of nitrogens with one attached hydrogen (secondary N) is 6. The van der Waals surface area contributed by atoms with Gasteiger partial charge in [0.2, 0.25) is 11.9 Å². The summed E-state index contributed by atoms with van der Waals surface area (Å²) >= 11 is 0. The molecule has 8 N–H and O–H groups in total. The molecule has 0 aliphatic heterocycles. The molecule has 0 aliphatic carbocycles. The van der Waals surface area contributed by atoms with E-state index in [-0.39, 0.29) is 105 Å². The predicted molar refractivity (Wildman–Crippen MR) is 335 cm³/mol. The third-order valence-corrected chi connectivity index (χ3v) is 14.9. The number of aromatic nitrogens is 4. The van der Waals surface area contributed by atoms with Gasteiger partial charge in [-0.2, -0.15) is 36.8 Å². The Balaban J connectivity index is 0.00000376. The Labute approximate surface area is 516 Å². The van der Waals surface area contributed by atoms with E-state index in [1.165, 1.54) is 36.4 Å². The van der Waals surface area contributed by atoms with E-state index in [0.29, 0.717) is 11.6 Å². The second kappa shape index (κ2) is 24.5. The topological polar surface area (TPSA) is 232 Å².